The number of rotatable bonds is 7. The third-order valence-corrected chi connectivity index (χ3v) is 4.57. The summed E-state index contributed by atoms with van der Waals surface area (Å²) >= 11 is 0. The van der Waals surface area contributed by atoms with Gasteiger partial charge in [-0.3, -0.25) is 14.4 Å². The van der Waals surface area contributed by atoms with E-state index in [1.807, 2.05) is 23.1 Å². The topological polar surface area (TPSA) is 86.7 Å². The molecule has 1 heterocycles. The molecule has 0 radical (unpaired) electrons. The zero-order chi connectivity index (χ0) is 19.2. The Balaban J connectivity index is 1.60. The molecule has 1 aliphatic rings. The monoisotopic (exact) mass is 366 g/mol. The van der Waals surface area contributed by atoms with Crippen LogP contribution in [-0.4, -0.2) is 34.3 Å². The van der Waals surface area contributed by atoms with Gasteiger partial charge in [0.1, 0.15) is 0 Å². The van der Waals surface area contributed by atoms with Crippen LogP contribution in [0.5, 0.6) is 0 Å². The quantitative estimate of drug-likeness (QED) is 0.788. The number of hydrogen-bond donors (Lipinski definition) is 2. The highest BCUT2D eigenvalue weighted by molar-refractivity contribution is 6.04. The summed E-state index contributed by atoms with van der Waals surface area (Å²) < 4.78 is 0. The second kappa shape index (κ2) is 8.49. The van der Waals surface area contributed by atoms with Gasteiger partial charge < -0.3 is 15.3 Å². The molecule has 0 atom stereocenters. The van der Waals surface area contributed by atoms with E-state index in [0.29, 0.717) is 30.6 Å². The molecule has 6 heteroatoms. The lowest BCUT2D eigenvalue weighted by Gasteiger charge is -2.15. The Hall–Kier alpha value is -3.15. The highest BCUT2D eigenvalue weighted by atomic mass is 16.4. The minimum atomic E-state index is -0.847. The van der Waals surface area contributed by atoms with Crippen LogP contribution in [0.15, 0.2) is 48.5 Å². The molecule has 1 aliphatic heterocycles. The molecule has 0 aliphatic carbocycles. The average Bonchev–Trinajstić information content (AvgIpc) is 3.05. The van der Waals surface area contributed by atoms with Gasteiger partial charge in [-0.1, -0.05) is 24.3 Å². The summed E-state index contributed by atoms with van der Waals surface area (Å²) in [7, 11) is 0. The molecule has 0 spiro atoms. The number of carbonyl (C=O) groups excluding carboxylic acids is 2. The summed E-state index contributed by atoms with van der Waals surface area (Å²) in [6.45, 7) is 1.37. The average molecular weight is 366 g/mol. The van der Waals surface area contributed by atoms with Gasteiger partial charge in [-0.15, -0.1) is 0 Å². The van der Waals surface area contributed by atoms with Gasteiger partial charge in [-0.05, 0) is 48.2 Å². The Labute approximate surface area is 157 Å². The molecule has 0 bridgehead atoms. The van der Waals surface area contributed by atoms with Crippen molar-refractivity contribution < 1.29 is 19.5 Å². The van der Waals surface area contributed by atoms with Crippen LogP contribution < -0.4 is 5.32 Å². The molecule has 1 fully saturated rings. The standard InChI is InChI=1S/C21H22N2O4/c24-19-5-2-12-23(19)14-16-6-9-17(10-7-16)21(27)22-18-4-1-3-15(13-18)8-11-20(25)26/h1,3-4,6-7,9-10,13H,2,5,8,11-12,14H2,(H,22,27)(H,25,26). The Morgan fingerprint density at radius 2 is 1.85 bits per heavy atom. The number of hydrogen-bond acceptors (Lipinski definition) is 3. The Morgan fingerprint density at radius 3 is 2.52 bits per heavy atom. The van der Waals surface area contributed by atoms with E-state index < -0.39 is 5.97 Å². The molecule has 2 aromatic carbocycles. The zero-order valence-electron chi connectivity index (χ0n) is 15.0. The van der Waals surface area contributed by atoms with Crippen LogP contribution in [0.25, 0.3) is 0 Å². The highest BCUT2D eigenvalue weighted by Crippen LogP contribution is 2.16. The normalized spacial score (nSPS) is 13.6. The summed E-state index contributed by atoms with van der Waals surface area (Å²) in [5.41, 5.74) is 3.02. The molecule has 2 amide bonds. The van der Waals surface area contributed by atoms with Crippen LogP contribution >= 0.6 is 0 Å². The Kier molecular flexibility index (Phi) is 5.86. The van der Waals surface area contributed by atoms with E-state index in [9.17, 15) is 14.4 Å². The van der Waals surface area contributed by atoms with E-state index in [1.165, 1.54) is 0 Å². The molecule has 140 valence electrons. The number of nitrogens with zero attached hydrogens (tertiary/aromatic N) is 1. The van der Waals surface area contributed by atoms with E-state index in [-0.39, 0.29) is 18.2 Å². The molecule has 0 unspecified atom stereocenters. The summed E-state index contributed by atoms with van der Waals surface area (Å²) in [6, 6.07) is 14.4. The fraction of sp³-hybridized carbons (Fsp3) is 0.286. The van der Waals surface area contributed by atoms with E-state index in [2.05, 4.69) is 5.32 Å². The van der Waals surface area contributed by atoms with Crippen molar-refractivity contribution in [3.05, 3.63) is 65.2 Å². The van der Waals surface area contributed by atoms with E-state index >= 15 is 0 Å². The smallest absolute Gasteiger partial charge is 0.303 e. The van der Waals surface area contributed by atoms with Gasteiger partial charge in [0, 0.05) is 37.2 Å². The van der Waals surface area contributed by atoms with Crippen molar-refractivity contribution in [2.75, 3.05) is 11.9 Å². The maximum atomic E-state index is 12.4. The van der Waals surface area contributed by atoms with Crippen molar-refractivity contribution in [1.82, 2.24) is 4.90 Å². The number of carbonyl (C=O) groups is 3. The Morgan fingerprint density at radius 1 is 1.07 bits per heavy atom. The first-order valence-electron chi connectivity index (χ1n) is 9.00. The van der Waals surface area contributed by atoms with Crippen LogP contribution in [-0.2, 0) is 22.6 Å². The fourth-order valence-electron chi connectivity index (χ4n) is 3.11. The minimum absolute atomic E-state index is 0.0540. The van der Waals surface area contributed by atoms with E-state index in [0.717, 1.165) is 24.1 Å². The molecular weight excluding hydrogens is 344 g/mol. The van der Waals surface area contributed by atoms with E-state index in [4.69, 9.17) is 5.11 Å². The van der Waals surface area contributed by atoms with Crippen molar-refractivity contribution in [1.29, 1.82) is 0 Å². The summed E-state index contributed by atoms with van der Waals surface area (Å²) in [6.07, 6.45) is 2.00. The second-order valence-electron chi connectivity index (χ2n) is 6.66. The van der Waals surface area contributed by atoms with Crippen LogP contribution in [0.4, 0.5) is 5.69 Å². The first kappa shape index (κ1) is 18.6. The first-order valence-corrected chi connectivity index (χ1v) is 9.00. The largest absolute Gasteiger partial charge is 0.481 e. The maximum Gasteiger partial charge on any atom is 0.303 e. The predicted octanol–water partition coefficient (Wildman–Crippen LogP) is 3.08. The SMILES string of the molecule is O=C(O)CCc1cccc(NC(=O)c2ccc(CN3CCCC3=O)cc2)c1. The third-order valence-electron chi connectivity index (χ3n) is 4.57. The molecule has 1 saturated heterocycles. The van der Waals surface area contributed by atoms with Crippen molar-refractivity contribution in [3.63, 3.8) is 0 Å². The summed E-state index contributed by atoms with van der Waals surface area (Å²) in [5.74, 6) is -0.894. The number of carboxylic acids is 1. The maximum absolute atomic E-state index is 12.4. The van der Waals surface area contributed by atoms with Crippen molar-refractivity contribution in [3.8, 4) is 0 Å². The molecule has 27 heavy (non-hydrogen) atoms. The van der Waals surface area contributed by atoms with Gasteiger partial charge in [0.25, 0.3) is 5.91 Å². The molecule has 0 aromatic heterocycles. The van der Waals surface area contributed by atoms with Crippen LogP contribution in [0.1, 0.15) is 40.7 Å². The predicted molar refractivity (Wildman–Crippen MR) is 101 cm³/mol. The van der Waals surface area contributed by atoms with Crippen LogP contribution in [0, 0.1) is 0 Å². The first-order chi connectivity index (χ1) is 13.0. The molecule has 6 nitrogen and oxygen atoms in total. The highest BCUT2D eigenvalue weighted by Gasteiger charge is 2.20. The number of aryl methyl sites for hydroxylation is 1. The second-order valence-corrected chi connectivity index (χ2v) is 6.66. The van der Waals surface area contributed by atoms with Gasteiger partial charge in [0.15, 0.2) is 0 Å². The van der Waals surface area contributed by atoms with Gasteiger partial charge >= 0.3 is 5.97 Å². The number of amides is 2. The third kappa shape index (κ3) is 5.17. The fourth-order valence-corrected chi connectivity index (χ4v) is 3.11. The molecule has 0 saturated carbocycles. The van der Waals surface area contributed by atoms with Gasteiger partial charge in [0.05, 0.1) is 0 Å². The van der Waals surface area contributed by atoms with Crippen LogP contribution in [0.3, 0.4) is 0 Å². The number of likely N-dealkylation sites (tertiary alicyclic amines) is 1. The summed E-state index contributed by atoms with van der Waals surface area (Å²) in [4.78, 5) is 36.6. The zero-order valence-corrected chi connectivity index (χ0v) is 15.0. The number of aliphatic carboxylic acids is 1. The lowest BCUT2D eigenvalue weighted by molar-refractivity contribution is -0.137. The van der Waals surface area contributed by atoms with Crippen molar-refractivity contribution in [2.45, 2.75) is 32.2 Å². The summed E-state index contributed by atoms with van der Waals surface area (Å²) in [5, 5.41) is 11.6. The van der Waals surface area contributed by atoms with Gasteiger partial charge in [0.2, 0.25) is 5.91 Å². The molecular formula is C21H22N2O4. The van der Waals surface area contributed by atoms with Crippen molar-refractivity contribution in [2.24, 2.45) is 0 Å². The van der Waals surface area contributed by atoms with Gasteiger partial charge in [-0.25, -0.2) is 0 Å². The van der Waals surface area contributed by atoms with Crippen LogP contribution in [0.2, 0.25) is 0 Å². The number of anilines is 1. The minimum Gasteiger partial charge on any atom is -0.481 e. The lowest BCUT2D eigenvalue weighted by atomic mass is 10.1. The van der Waals surface area contributed by atoms with E-state index in [1.54, 1.807) is 30.3 Å². The number of benzene rings is 2. The lowest BCUT2D eigenvalue weighted by Crippen LogP contribution is -2.23. The van der Waals surface area contributed by atoms with Gasteiger partial charge in [-0.2, -0.15) is 0 Å². The Bertz CT molecular complexity index is 846. The molecule has 3 rings (SSSR count). The molecule has 2 N–H and O–H groups in total. The number of nitrogens with one attached hydrogen (secondary N) is 1. The van der Waals surface area contributed by atoms with Crippen molar-refractivity contribution >= 4 is 23.5 Å². The number of carboxylic acid groups (broad SMARTS) is 1. The molecule has 2 aromatic rings.